The topological polar surface area (TPSA) is 67.2 Å². The van der Waals surface area contributed by atoms with Crippen molar-refractivity contribution in [2.24, 2.45) is 5.92 Å². The highest BCUT2D eigenvalue weighted by Gasteiger charge is 2.30. The lowest BCUT2D eigenvalue weighted by molar-refractivity contribution is -0.137. The second-order valence-electron chi connectivity index (χ2n) is 8.15. The molecule has 1 N–H and O–H groups in total. The number of hydrogen-bond acceptors (Lipinski definition) is 4. The fourth-order valence-corrected chi connectivity index (χ4v) is 4.02. The average Bonchev–Trinajstić information content (AvgIpc) is 2.75. The van der Waals surface area contributed by atoms with E-state index in [1.54, 1.807) is 12.1 Å². The molecule has 1 atom stereocenters. The van der Waals surface area contributed by atoms with Gasteiger partial charge in [-0.25, -0.2) is 4.68 Å². The van der Waals surface area contributed by atoms with Crippen LogP contribution < -0.4 is 15.8 Å². The van der Waals surface area contributed by atoms with E-state index in [0.717, 1.165) is 48.1 Å². The van der Waals surface area contributed by atoms with Gasteiger partial charge < -0.3 is 10.2 Å². The Labute approximate surface area is 182 Å². The minimum Gasteiger partial charge on any atom is -0.354 e. The van der Waals surface area contributed by atoms with Gasteiger partial charge in [-0.05, 0) is 49.1 Å². The van der Waals surface area contributed by atoms with E-state index in [0.29, 0.717) is 17.1 Å². The zero-order valence-corrected chi connectivity index (χ0v) is 17.5. The van der Waals surface area contributed by atoms with E-state index in [1.807, 2.05) is 12.1 Å². The zero-order valence-electron chi connectivity index (χ0n) is 17.5. The second kappa shape index (κ2) is 8.64. The van der Waals surface area contributed by atoms with Crippen molar-refractivity contribution in [2.45, 2.75) is 32.5 Å². The Balaban J connectivity index is 1.60. The number of fused-ring (bicyclic) bond motifs is 1. The van der Waals surface area contributed by atoms with Crippen LogP contribution in [0.2, 0.25) is 0 Å². The highest BCUT2D eigenvalue weighted by molar-refractivity contribution is 5.93. The molecule has 1 saturated heterocycles. The van der Waals surface area contributed by atoms with Crippen LogP contribution in [0.3, 0.4) is 0 Å². The van der Waals surface area contributed by atoms with Crippen molar-refractivity contribution >= 4 is 28.2 Å². The maximum Gasteiger partial charge on any atom is 0.416 e. The summed E-state index contributed by atoms with van der Waals surface area (Å²) in [6.07, 6.45) is -2.30. The number of nitrogens with one attached hydrogen (secondary N) is 1. The normalized spacial score (nSPS) is 16.9. The summed E-state index contributed by atoms with van der Waals surface area (Å²) in [4.78, 5) is 27.6. The molecule has 32 heavy (non-hydrogen) atoms. The van der Waals surface area contributed by atoms with Crippen LogP contribution >= 0.6 is 0 Å². The van der Waals surface area contributed by atoms with Gasteiger partial charge in [0.05, 0.1) is 10.9 Å². The number of carbonyl (C=O) groups is 1. The monoisotopic (exact) mass is 444 g/mol. The Kier molecular flexibility index (Phi) is 5.90. The van der Waals surface area contributed by atoms with Crippen LogP contribution in [0, 0.1) is 5.92 Å². The number of nitrogens with zero attached hydrogens (tertiary/aromatic N) is 3. The standard InChI is InChI=1S/C23H23F3N4O2/c1-15-5-4-12-29(13-15)21-18-6-2-3-7-19(18)22(32)30(28-21)14-20(31)27-17-10-8-16(9-11-17)23(24,25)26/h2-3,6-11,15H,4-5,12-14H2,1H3,(H,27,31)/t15-/m1/s1. The first-order valence-electron chi connectivity index (χ1n) is 10.4. The molecule has 2 heterocycles. The number of hydrogen-bond donors (Lipinski definition) is 1. The molecule has 3 aromatic rings. The van der Waals surface area contributed by atoms with Gasteiger partial charge in [-0.2, -0.15) is 18.3 Å². The lowest BCUT2D eigenvalue weighted by atomic mass is 10.00. The molecule has 0 aliphatic carbocycles. The lowest BCUT2D eigenvalue weighted by Crippen LogP contribution is -2.38. The Morgan fingerprint density at radius 1 is 1.12 bits per heavy atom. The Morgan fingerprint density at radius 2 is 1.81 bits per heavy atom. The number of anilines is 2. The number of carbonyl (C=O) groups excluding carboxylic acids is 1. The number of amides is 1. The van der Waals surface area contributed by atoms with Crippen LogP contribution in [0.15, 0.2) is 53.3 Å². The van der Waals surface area contributed by atoms with Gasteiger partial charge in [0.1, 0.15) is 6.54 Å². The minimum absolute atomic E-state index is 0.210. The summed E-state index contributed by atoms with van der Waals surface area (Å²) in [7, 11) is 0. The number of rotatable bonds is 4. The first kappa shape index (κ1) is 21.9. The van der Waals surface area contributed by atoms with Gasteiger partial charge in [0, 0.05) is 24.2 Å². The van der Waals surface area contributed by atoms with Gasteiger partial charge in [0.15, 0.2) is 5.82 Å². The molecule has 0 unspecified atom stereocenters. The van der Waals surface area contributed by atoms with Crippen molar-refractivity contribution in [2.75, 3.05) is 23.3 Å². The van der Waals surface area contributed by atoms with Gasteiger partial charge in [0.25, 0.3) is 5.56 Å². The first-order valence-corrected chi connectivity index (χ1v) is 10.4. The van der Waals surface area contributed by atoms with Crippen LogP contribution in [0.1, 0.15) is 25.3 Å². The highest BCUT2D eigenvalue weighted by atomic mass is 19.4. The van der Waals surface area contributed by atoms with Crippen molar-refractivity contribution < 1.29 is 18.0 Å². The molecule has 6 nitrogen and oxygen atoms in total. The molecule has 168 valence electrons. The number of piperidine rings is 1. The van der Waals surface area contributed by atoms with Crippen molar-refractivity contribution in [1.82, 2.24) is 9.78 Å². The van der Waals surface area contributed by atoms with E-state index in [9.17, 15) is 22.8 Å². The van der Waals surface area contributed by atoms with Crippen molar-refractivity contribution in [3.8, 4) is 0 Å². The molecule has 4 rings (SSSR count). The lowest BCUT2D eigenvalue weighted by Gasteiger charge is -2.32. The number of halogens is 3. The maximum atomic E-state index is 12.9. The molecular weight excluding hydrogens is 421 g/mol. The Morgan fingerprint density at radius 3 is 2.47 bits per heavy atom. The largest absolute Gasteiger partial charge is 0.416 e. The summed E-state index contributed by atoms with van der Waals surface area (Å²) in [5, 5.41) is 8.25. The van der Waals surface area contributed by atoms with E-state index < -0.39 is 23.2 Å². The highest BCUT2D eigenvalue weighted by Crippen LogP contribution is 2.30. The molecule has 0 bridgehead atoms. The van der Waals surface area contributed by atoms with Gasteiger partial charge in [-0.3, -0.25) is 9.59 Å². The van der Waals surface area contributed by atoms with Crippen molar-refractivity contribution in [3.05, 3.63) is 64.4 Å². The second-order valence-corrected chi connectivity index (χ2v) is 8.15. The van der Waals surface area contributed by atoms with Crippen molar-refractivity contribution in [3.63, 3.8) is 0 Å². The summed E-state index contributed by atoms with van der Waals surface area (Å²) >= 11 is 0. The number of aromatic nitrogens is 2. The van der Waals surface area contributed by atoms with E-state index >= 15 is 0 Å². The molecule has 1 aliphatic rings. The van der Waals surface area contributed by atoms with Crippen LogP contribution in [-0.2, 0) is 17.5 Å². The third-order valence-corrected chi connectivity index (χ3v) is 5.59. The molecule has 0 radical (unpaired) electrons. The van der Waals surface area contributed by atoms with E-state index in [-0.39, 0.29) is 12.2 Å². The van der Waals surface area contributed by atoms with E-state index in [4.69, 9.17) is 0 Å². The van der Waals surface area contributed by atoms with E-state index in [1.165, 1.54) is 12.1 Å². The molecule has 0 saturated carbocycles. The van der Waals surface area contributed by atoms with Gasteiger partial charge in [-0.15, -0.1) is 0 Å². The molecular formula is C23H23F3N4O2. The molecule has 1 fully saturated rings. The molecule has 1 amide bonds. The third-order valence-electron chi connectivity index (χ3n) is 5.59. The number of alkyl halides is 3. The smallest absolute Gasteiger partial charge is 0.354 e. The maximum absolute atomic E-state index is 12.9. The Hall–Kier alpha value is -3.36. The molecule has 2 aromatic carbocycles. The van der Waals surface area contributed by atoms with Crippen LogP contribution in [0.5, 0.6) is 0 Å². The fourth-order valence-electron chi connectivity index (χ4n) is 4.02. The predicted octanol–water partition coefficient (Wildman–Crippen LogP) is 4.29. The third kappa shape index (κ3) is 4.61. The van der Waals surface area contributed by atoms with Crippen LogP contribution in [-0.4, -0.2) is 28.8 Å². The van der Waals surface area contributed by atoms with Crippen LogP contribution in [0.4, 0.5) is 24.7 Å². The molecule has 1 aliphatic heterocycles. The van der Waals surface area contributed by atoms with Gasteiger partial charge >= 0.3 is 6.18 Å². The average molecular weight is 444 g/mol. The summed E-state index contributed by atoms with van der Waals surface area (Å²) in [6, 6.07) is 11.3. The SMILES string of the molecule is C[C@@H]1CCCN(c2nn(CC(=O)Nc3ccc(C(F)(F)F)cc3)c(=O)c3ccccc23)C1. The van der Waals surface area contributed by atoms with Gasteiger partial charge in [-0.1, -0.05) is 25.1 Å². The fraction of sp³-hybridized carbons (Fsp3) is 0.348. The predicted molar refractivity (Wildman–Crippen MR) is 117 cm³/mol. The summed E-state index contributed by atoms with van der Waals surface area (Å²) in [5.74, 6) is 0.606. The zero-order chi connectivity index (χ0) is 22.9. The molecule has 9 heteroatoms. The van der Waals surface area contributed by atoms with E-state index in [2.05, 4.69) is 22.2 Å². The minimum atomic E-state index is -4.45. The molecule has 0 spiro atoms. The van der Waals surface area contributed by atoms with Crippen LogP contribution in [0.25, 0.3) is 10.8 Å². The molecule has 1 aromatic heterocycles. The van der Waals surface area contributed by atoms with Crippen molar-refractivity contribution in [1.29, 1.82) is 0 Å². The summed E-state index contributed by atoms with van der Waals surface area (Å²) in [5.41, 5.74) is -0.984. The van der Waals surface area contributed by atoms with Gasteiger partial charge in [0.2, 0.25) is 5.91 Å². The first-order chi connectivity index (χ1) is 15.2. The summed E-state index contributed by atoms with van der Waals surface area (Å²) < 4.78 is 39.3. The summed E-state index contributed by atoms with van der Waals surface area (Å²) in [6.45, 7) is 3.45. The Bertz CT molecular complexity index is 1190. The quantitative estimate of drug-likeness (QED) is 0.652. The number of benzene rings is 2.